The summed E-state index contributed by atoms with van der Waals surface area (Å²) in [7, 11) is 1.38. The van der Waals surface area contributed by atoms with Crippen molar-refractivity contribution in [3.8, 4) is 0 Å². The molecule has 0 radical (unpaired) electrons. The number of rotatable bonds is 2. The molecular weight excluding hydrogens is 180 g/mol. The van der Waals surface area contributed by atoms with Gasteiger partial charge < -0.3 is 15.4 Å². The Morgan fingerprint density at radius 1 is 1.64 bits per heavy atom. The first-order valence-electron chi connectivity index (χ1n) is 5.11. The van der Waals surface area contributed by atoms with E-state index in [-0.39, 0.29) is 11.5 Å². The molecule has 4 heteroatoms. The molecule has 0 aromatic heterocycles. The maximum absolute atomic E-state index is 10.9. The highest BCUT2D eigenvalue weighted by Gasteiger charge is 2.31. The van der Waals surface area contributed by atoms with Gasteiger partial charge in [0.2, 0.25) is 0 Å². The summed E-state index contributed by atoms with van der Waals surface area (Å²) >= 11 is 0. The molecule has 1 heterocycles. The van der Waals surface area contributed by atoms with Crippen LogP contribution in [0.25, 0.3) is 0 Å². The van der Waals surface area contributed by atoms with E-state index < -0.39 is 0 Å². The standard InChI is InChI=1S/C10H20N2O2/c1-10(2)5-4-6-11-8(10)7-12-9(13)14-3/h8,11H,4-7H2,1-3H3,(H,12,13). The van der Waals surface area contributed by atoms with E-state index in [9.17, 15) is 4.79 Å². The molecule has 4 nitrogen and oxygen atoms in total. The number of hydrogen-bond donors (Lipinski definition) is 2. The zero-order valence-corrected chi connectivity index (χ0v) is 9.22. The SMILES string of the molecule is COC(=O)NCC1NCCCC1(C)C. The van der Waals surface area contributed by atoms with E-state index >= 15 is 0 Å². The summed E-state index contributed by atoms with van der Waals surface area (Å²) in [5.41, 5.74) is 0.249. The molecule has 82 valence electrons. The lowest BCUT2D eigenvalue weighted by molar-refractivity contribution is 0.152. The van der Waals surface area contributed by atoms with Crippen molar-refractivity contribution in [2.24, 2.45) is 5.41 Å². The number of methoxy groups -OCH3 is 1. The molecule has 2 N–H and O–H groups in total. The monoisotopic (exact) mass is 200 g/mol. The molecule has 0 bridgehead atoms. The molecule has 1 atom stereocenters. The summed E-state index contributed by atoms with van der Waals surface area (Å²) in [4.78, 5) is 10.9. The van der Waals surface area contributed by atoms with Crippen LogP contribution in [0.2, 0.25) is 0 Å². The Hall–Kier alpha value is -0.770. The highest BCUT2D eigenvalue weighted by atomic mass is 16.5. The van der Waals surface area contributed by atoms with Gasteiger partial charge in [0.25, 0.3) is 0 Å². The molecule has 1 amide bonds. The Balaban J connectivity index is 2.38. The zero-order chi connectivity index (χ0) is 10.6. The van der Waals surface area contributed by atoms with Crippen molar-refractivity contribution in [1.29, 1.82) is 0 Å². The molecular formula is C10H20N2O2. The van der Waals surface area contributed by atoms with Crippen LogP contribution in [0.5, 0.6) is 0 Å². The van der Waals surface area contributed by atoms with Crippen LogP contribution in [0.3, 0.4) is 0 Å². The second-order valence-corrected chi connectivity index (χ2v) is 4.47. The van der Waals surface area contributed by atoms with Crippen molar-refractivity contribution in [1.82, 2.24) is 10.6 Å². The minimum absolute atomic E-state index is 0.249. The minimum Gasteiger partial charge on any atom is -0.453 e. The van der Waals surface area contributed by atoms with Gasteiger partial charge in [-0.1, -0.05) is 13.8 Å². The Bertz CT molecular complexity index is 204. The predicted molar refractivity (Wildman–Crippen MR) is 55.2 cm³/mol. The Morgan fingerprint density at radius 2 is 2.36 bits per heavy atom. The molecule has 0 aliphatic carbocycles. The number of carbonyl (C=O) groups excluding carboxylic acids is 1. The lowest BCUT2D eigenvalue weighted by atomic mass is 9.77. The van der Waals surface area contributed by atoms with Gasteiger partial charge in [-0.05, 0) is 24.8 Å². The molecule has 0 aromatic rings. The van der Waals surface area contributed by atoms with Crippen LogP contribution in [0.15, 0.2) is 0 Å². The second-order valence-electron chi connectivity index (χ2n) is 4.47. The third-order valence-electron chi connectivity index (χ3n) is 2.97. The summed E-state index contributed by atoms with van der Waals surface area (Å²) in [5, 5.41) is 6.15. The van der Waals surface area contributed by atoms with Gasteiger partial charge in [-0.15, -0.1) is 0 Å². The van der Waals surface area contributed by atoms with Gasteiger partial charge in [0, 0.05) is 12.6 Å². The third kappa shape index (κ3) is 2.87. The summed E-state index contributed by atoms with van der Waals surface area (Å²) < 4.78 is 4.53. The lowest BCUT2D eigenvalue weighted by Gasteiger charge is -2.39. The van der Waals surface area contributed by atoms with E-state index in [2.05, 4.69) is 29.2 Å². The summed E-state index contributed by atoms with van der Waals surface area (Å²) in [6.07, 6.45) is 2.06. The van der Waals surface area contributed by atoms with E-state index in [1.165, 1.54) is 20.0 Å². The lowest BCUT2D eigenvalue weighted by Crippen LogP contribution is -2.52. The number of nitrogens with one attached hydrogen (secondary N) is 2. The van der Waals surface area contributed by atoms with Gasteiger partial charge in [0.1, 0.15) is 0 Å². The smallest absolute Gasteiger partial charge is 0.406 e. The molecule has 1 fully saturated rings. The number of amides is 1. The molecule has 0 saturated carbocycles. The first kappa shape index (κ1) is 11.3. The fraction of sp³-hybridized carbons (Fsp3) is 0.900. The average Bonchev–Trinajstić information content (AvgIpc) is 2.15. The van der Waals surface area contributed by atoms with E-state index in [1.807, 2.05) is 0 Å². The summed E-state index contributed by atoms with van der Waals surface area (Å²) in [6.45, 7) is 6.13. The largest absolute Gasteiger partial charge is 0.453 e. The van der Waals surface area contributed by atoms with Crippen LogP contribution in [0.1, 0.15) is 26.7 Å². The van der Waals surface area contributed by atoms with Gasteiger partial charge in [-0.25, -0.2) is 4.79 Å². The van der Waals surface area contributed by atoms with Crippen molar-refractivity contribution < 1.29 is 9.53 Å². The van der Waals surface area contributed by atoms with E-state index in [0.29, 0.717) is 12.6 Å². The summed E-state index contributed by atoms with van der Waals surface area (Å²) in [6, 6.07) is 0.343. The molecule has 1 rings (SSSR count). The fourth-order valence-electron chi connectivity index (χ4n) is 1.88. The Labute approximate surface area is 85.4 Å². The normalized spacial score (nSPS) is 25.5. The number of carbonyl (C=O) groups is 1. The van der Waals surface area contributed by atoms with Gasteiger partial charge in [0.15, 0.2) is 0 Å². The van der Waals surface area contributed by atoms with Crippen LogP contribution >= 0.6 is 0 Å². The number of hydrogen-bond acceptors (Lipinski definition) is 3. The highest BCUT2D eigenvalue weighted by Crippen LogP contribution is 2.29. The van der Waals surface area contributed by atoms with E-state index in [4.69, 9.17) is 0 Å². The maximum Gasteiger partial charge on any atom is 0.406 e. The number of alkyl carbamates (subject to hydrolysis) is 1. The zero-order valence-electron chi connectivity index (χ0n) is 9.22. The fourth-order valence-corrected chi connectivity index (χ4v) is 1.88. The van der Waals surface area contributed by atoms with Crippen molar-refractivity contribution in [2.75, 3.05) is 20.2 Å². The summed E-state index contributed by atoms with van der Waals surface area (Å²) in [5.74, 6) is 0. The minimum atomic E-state index is -0.354. The van der Waals surface area contributed by atoms with E-state index in [1.54, 1.807) is 0 Å². The van der Waals surface area contributed by atoms with Gasteiger partial charge in [-0.2, -0.15) is 0 Å². The molecule has 0 spiro atoms. The molecule has 1 unspecified atom stereocenters. The predicted octanol–water partition coefficient (Wildman–Crippen LogP) is 1.12. The maximum atomic E-state index is 10.9. The van der Waals surface area contributed by atoms with Crippen LogP contribution in [-0.2, 0) is 4.74 Å². The third-order valence-corrected chi connectivity index (χ3v) is 2.97. The number of ether oxygens (including phenoxy) is 1. The molecule has 1 aliphatic rings. The van der Waals surface area contributed by atoms with Crippen LogP contribution in [0, 0.1) is 5.41 Å². The van der Waals surface area contributed by atoms with Crippen LogP contribution in [0.4, 0.5) is 4.79 Å². The van der Waals surface area contributed by atoms with Crippen LogP contribution in [-0.4, -0.2) is 32.3 Å². The highest BCUT2D eigenvalue weighted by molar-refractivity contribution is 5.66. The van der Waals surface area contributed by atoms with Gasteiger partial charge >= 0.3 is 6.09 Å². The van der Waals surface area contributed by atoms with Gasteiger partial charge in [-0.3, -0.25) is 0 Å². The number of piperidine rings is 1. The topological polar surface area (TPSA) is 50.4 Å². The van der Waals surface area contributed by atoms with E-state index in [0.717, 1.165) is 6.54 Å². The first-order chi connectivity index (χ1) is 6.56. The second kappa shape index (κ2) is 4.64. The Kier molecular flexibility index (Phi) is 3.75. The first-order valence-corrected chi connectivity index (χ1v) is 5.11. The molecule has 1 saturated heterocycles. The molecule has 0 aromatic carbocycles. The van der Waals surface area contributed by atoms with Crippen molar-refractivity contribution >= 4 is 6.09 Å². The average molecular weight is 200 g/mol. The van der Waals surface area contributed by atoms with Crippen molar-refractivity contribution in [3.05, 3.63) is 0 Å². The molecule has 1 aliphatic heterocycles. The van der Waals surface area contributed by atoms with Gasteiger partial charge in [0.05, 0.1) is 7.11 Å². The van der Waals surface area contributed by atoms with Crippen molar-refractivity contribution in [2.45, 2.75) is 32.7 Å². The van der Waals surface area contributed by atoms with Crippen molar-refractivity contribution in [3.63, 3.8) is 0 Å². The molecule has 14 heavy (non-hydrogen) atoms. The quantitative estimate of drug-likeness (QED) is 0.702. The van der Waals surface area contributed by atoms with Crippen LogP contribution < -0.4 is 10.6 Å². The Morgan fingerprint density at radius 3 is 2.93 bits per heavy atom.